The van der Waals surface area contributed by atoms with Gasteiger partial charge in [0.25, 0.3) is 0 Å². The van der Waals surface area contributed by atoms with Crippen LogP contribution in [0.1, 0.15) is 94.1 Å². The first-order chi connectivity index (χ1) is 13.2. The van der Waals surface area contributed by atoms with Crippen molar-refractivity contribution in [3.05, 3.63) is 60.2 Å². The molecule has 0 bridgehead atoms. The van der Waals surface area contributed by atoms with Gasteiger partial charge in [-0.1, -0.05) is 62.3 Å². The molecule has 0 saturated heterocycles. The van der Waals surface area contributed by atoms with Gasteiger partial charge in [0, 0.05) is 5.92 Å². The number of hydrogen-bond donors (Lipinski definition) is 0. The Labute approximate surface area is 167 Å². The molecule has 0 N–H and O–H groups in total. The number of benzene rings is 1. The van der Waals surface area contributed by atoms with E-state index >= 15 is 0 Å². The molecule has 27 heavy (non-hydrogen) atoms. The van der Waals surface area contributed by atoms with Gasteiger partial charge in [0.05, 0.1) is 0 Å². The van der Waals surface area contributed by atoms with Crippen LogP contribution in [0, 0.1) is 23.7 Å². The first-order valence-corrected chi connectivity index (χ1v) is 11.6. The van der Waals surface area contributed by atoms with Crippen molar-refractivity contribution in [1.29, 1.82) is 0 Å². The van der Waals surface area contributed by atoms with Crippen LogP contribution in [0.4, 0.5) is 0 Å². The van der Waals surface area contributed by atoms with Crippen LogP contribution < -0.4 is 0 Å². The van der Waals surface area contributed by atoms with Crippen LogP contribution in [0.2, 0.25) is 0 Å². The maximum atomic E-state index is 3.93. The summed E-state index contributed by atoms with van der Waals surface area (Å²) in [7, 11) is 0. The van der Waals surface area contributed by atoms with Crippen LogP contribution in [0.25, 0.3) is 0 Å². The van der Waals surface area contributed by atoms with E-state index in [4.69, 9.17) is 0 Å². The van der Waals surface area contributed by atoms with Crippen LogP contribution >= 0.6 is 0 Å². The van der Waals surface area contributed by atoms with E-state index in [1.165, 1.54) is 69.8 Å². The summed E-state index contributed by atoms with van der Waals surface area (Å²) in [6, 6.07) is 9.70. The fourth-order valence-electron chi connectivity index (χ4n) is 6.01. The van der Waals surface area contributed by atoms with Crippen molar-refractivity contribution in [2.24, 2.45) is 23.7 Å². The van der Waals surface area contributed by atoms with Crippen molar-refractivity contribution in [1.82, 2.24) is 0 Å². The van der Waals surface area contributed by atoms with Gasteiger partial charge >= 0.3 is 0 Å². The standard InChI is InChI=1S/C27H38/c1-3-21-6-10-23(11-7-21)25-14-18-27(19-15-25)26-16-12-24(13-17-26)22-8-4-20(2)5-9-22/h3,6,10,14-15,18-24,26H,1,4-5,7-9,11-13,16-17H2,2H3. The minimum absolute atomic E-state index is 0.586. The van der Waals surface area contributed by atoms with Crippen LogP contribution in [0.5, 0.6) is 0 Å². The highest BCUT2D eigenvalue weighted by Crippen LogP contribution is 2.44. The summed E-state index contributed by atoms with van der Waals surface area (Å²) < 4.78 is 0. The Kier molecular flexibility index (Phi) is 6.21. The zero-order valence-corrected chi connectivity index (χ0v) is 17.3. The minimum atomic E-state index is 0.586. The topological polar surface area (TPSA) is 0 Å². The normalized spacial score (nSPS) is 37.1. The molecule has 0 spiro atoms. The van der Waals surface area contributed by atoms with Crippen molar-refractivity contribution in [2.75, 3.05) is 0 Å². The van der Waals surface area contributed by atoms with Crippen molar-refractivity contribution in [3.8, 4) is 0 Å². The molecule has 3 aliphatic rings. The Balaban J connectivity index is 1.31. The van der Waals surface area contributed by atoms with Crippen LogP contribution in [-0.2, 0) is 0 Å². The Hall–Kier alpha value is -1.30. The predicted octanol–water partition coefficient (Wildman–Crippen LogP) is 8.02. The first kappa shape index (κ1) is 19.0. The number of hydrogen-bond acceptors (Lipinski definition) is 0. The van der Waals surface area contributed by atoms with Gasteiger partial charge in [-0.3, -0.25) is 0 Å². The van der Waals surface area contributed by atoms with E-state index in [1.54, 1.807) is 5.56 Å². The maximum Gasteiger partial charge on any atom is 0.00185 e. The molecular weight excluding hydrogens is 324 g/mol. The number of allylic oxidation sites excluding steroid dienone is 3. The minimum Gasteiger partial charge on any atom is -0.102 e. The second kappa shape index (κ2) is 8.80. The van der Waals surface area contributed by atoms with Gasteiger partial charge in [-0.25, -0.2) is 0 Å². The fraction of sp³-hybridized carbons (Fsp3) is 0.630. The van der Waals surface area contributed by atoms with E-state index in [1.807, 2.05) is 0 Å². The van der Waals surface area contributed by atoms with Gasteiger partial charge in [-0.2, -0.15) is 0 Å². The molecule has 3 aliphatic carbocycles. The first-order valence-electron chi connectivity index (χ1n) is 11.6. The molecule has 0 aromatic heterocycles. The lowest BCUT2D eigenvalue weighted by Gasteiger charge is -2.37. The molecule has 0 amide bonds. The molecule has 2 saturated carbocycles. The summed E-state index contributed by atoms with van der Waals surface area (Å²) in [5.41, 5.74) is 3.10. The molecule has 146 valence electrons. The van der Waals surface area contributed by atoms with Gasteiger partial charge in [0.15, 0.2) is 0 Å². The third-order valence-corrected chi connectivity index (χ3v) is 8.04. The molecule has 2 fully saturated rings. The lowest BCUT2D eigenvalue weighted by Crippen LogP contribution is -2.24. The lowest BCUT2D eigenvalue weighted by atomic mass is 9.68. The van der Waals surface area contributed by atoms with E-state index in [0.717, 1.165) is 23.7 Å². The van der Waals surface area contributed by atoms with Crippen LogP contribution in [0.15, 0.2) is 49.1 Å². The van der Waals surface area contributed by atoms with Gasteiger partial charge in [-0.15, -0.1) is 6.58 Å². The average molecular weight is 363 g/mol. The molecule has 0 nitrogen and oxygen atoms in total. The third kappa shape index (κ3) is 4.58. The van der Waals surface area contributed by atoms with E-state index in [2.05, 4.69) is 56.0 Å². The van der Waals surface area contributed by atoms with Crippen LogP contribution in [0.3, 0.4) is 0 Å². The van der Waals surface area contributed by atoms with E-state index < -0.39 is 0 Å². The predicted molar refractivity (Wildman–Crippen MR) is 117 cm³/mol. The van der Waals surface area contributed by atoms with Gasteiger partial charge in [-0.05, 0) is 92.1 Å². The van der Waals surface area contributed by atoms with Gasteiger partial charge < -0.3 is 0 Å². The van der Waals surface area contributed by atoms with Crippen molar-refractivity contribution in [2.45, 2.75) is 83.0 Å². The summed E-state index contributed by atoms with van der Waals surface area (Å²) >= 11 is 0. The largest absolute Gasteiger partial charge is 0.102 e. The van der Waals surface area contributed by atoms with E-state index in [9.17, 15) is 0 Å². The molecule has 1 aromatic rings. The highest BCUT2D eigenvalue weighted by Gasteiger charge is 2.30. The molecule has 1 aromatic carbocycles. The SMILES string of the molecule is C=CC1C=CC(c2ccc(C3CCC(C4CCC(C)CC4)CC3)cc2)CC1. The molecule has 0 heterocycles. The highest BCUT2D eigenvalue weighted by molar-refractivity contribution is 5.31. The molecule has 2 unspecified atom stereocenters. The third-order valence-electron chi connectivity index (χ3n) is 8.04. The summed E-state index contributed by atoms with van der Waals surface area (Å²) in [6.07, 6.45) is 21.1. The highest BCUT2D eigenvalue weighted by atomic mass is 14.4. The summed E-state index contributed by atoms with van der Waals surface area (Å²) in [5, 5.41) is 0. The Morgan fingerprint density at radius 2 is 1.30 bits per heavy atom. The summed E-state index contributed by atoms with van der Waals surface area (Å²) in [4.78, 5) is 0. The molecular formula is C27H38. The van der Waals surface area contributed by atoms with E-state index in [0.29, 0.717) is 11.8 Å². The number of rotatable bonds is 4. The van der Waals surface area contributed by atoms with Crippen molar-refractivity contribution in [3.63, 3.8) is 0 Å². The molecule has 0 heteroatoms. The second-order valence-corrected chi connectivity index (χ2v) is 9.77. The Morgan fingerprint density at radius 3 is 1.85 bits per heavy atom. The smallest absolute Gasteiger partial charge is 0.00185 e. The van der Waals surface area contributed by atoms with Crippen molar-refractivity contribution < 1.29 is 0 Å². The molecule has 2 atom stereocenters. The van der Waals surface area contributed by atoms with Gasteiger partial charge in [0.2, 0.25) is 0 Å². The summed E-state index contributed by atoms with van der Waals surface area (Å²) in [5.74, 6) is 5.06. The van der Waals surface area contributed by atoms with Gasteiger partial charge in [0.1, 0.15) is 0 Å². The zero-order chi connectivity index (χ0) is 18.6. The summed E-state index contributed by atoms with van der Waals surface area (Å²) in [6.45, 7) is 6.37. The maximum absolute atomic E-state index is 3.93. The van der Waals surface area contributed by atoms with Crippen molar-refractivity contribution >= 4 is 0 Å². The zero-order valence-electron chi connectivity index (χ0n) is 17.3. The second-order valence-electron chi connectivity index (χ2n) is 9.77. The molecule has 0 radical (unpaired) electrons. The Morgan fingerprint density at radius 1 is 0.704 bits per heavy atom. The van der Waals surface area contributed by atoms with Crippen LogP contribution in [-0.4, -0.2) is 0 Å². The monoisotopic (exact) mass is 362 g/mol. The Bertz CT molecular complexity index is 621. The molecule has 4 rings (SSSR count). The fourth-order valence-corrected chi connectivity index (χ4v) is 6.01. The lowest BCUT2D eigenvalue weighted by molar-refractivity contribution is 0.165. The average Bonchev–Trinajstić information content (AvgIpc) is 2.75. The van der Waals surface area contributed by atoms with E-state index in [-0.39, 0.29) is 0 Å². The molecule has 0 aliphatic heterocycles. The quantitative estimate of drug-likeness (QED) is 0.476.